The van der Waals surface area contributed by atoms with Gasteiger partial charge < -0.3 is 9.84 Å². The number of aryl methyl sites for hydroxylation is 1. The molecule has 1 rings (SSSR count). The number of aliphatic hydroxyl groups excluding tert-OH is 1. The Labute approximate surface area is 162 Å². The molecule has 0 atom stereocenters. The number of hydrogen-bond donors (Lipinski definition) is 1. The van der Waals surface area contributed by atoms with Gasteiger partial charge in [-0.05, 0) is 37.0 Å². The normalized spacial score (nSPS) is 11.0. The third kappa shape index (κ3) is 13.2. The first-order valence-corrected chi connectivity index (χ1v) is 11.0. The maximum absolute atomic E-state index is 8.80. The summed E-state index contributed by atoms with van der Waals surface area (Å²) in [6.07, 6.45) is 20.7. The maximum Gasteiger partial charge on any atom is 0.119 e. The second kappa shape index (κ2) is 17.4. The fourth-order valence-corrected chi connectivity index (χ4v) is 3.23. The van der Waals surface area contributed by atoms with Crippen molar-refractivity contribution in [2.24, 2.45) is 0 Å². The molecular weight excluding hydrogens is 320 g/mol. The molecule has 0 bridgehead atoms. The SMILES string of the molecule is CCCCCCCCCC[CH]CCCCc1cccc(OCCCO)c1. The van der Waals surface area contributed by atoms with Gasteiger partial charge in [-0.25, -0.2) is 0 Å². The van der Waals surface area contributed by atoms with Crippen molar-refractivity contribution >= 4 is 0 Å². The van der Waals surface area contributed by atoms with E-state index in [1.165, 1.54) is 82.6 Å². The van der Waals surface area contributed by atoms with Crippen LogP contribution in [-0.2, 0) is 6.42 Å². The molecule has 0 aromatic heterocycles. The van der Waals surface area contributed by atoms with Gasteiger partial charge in [-0.3, -0.25) is 0 Å². The van der Waals surface area contributed by atoms with Gasteiger partial charge in [0.15, 0.2) is 0 Å². The predicted molar refractivity (Wildman–Crippen MR) is 113 cm³/mol. The quantitative estimate of drug-likeness (QED) is 0.288. The second-order valence-electron chi connectivity index (χ2n) is 7.37. The molecule has 1 aromatic carbocycles. The average molecular weight is 362 g/mol. The van der Waals surface area contributed by atoms with Crippen LogP contribution in [0.2, 0.25) is 0 Å². The van der Waals surface area contributed by atoms with E-state index in [-0.39, 0.29) is 6.61 Å². The minimum atomic E-state index is 0.190. The van der Waals surface area contributed by atoms with Crippen LogP contribution >= 0.6 is 0 Å². The van der Waals surface area contributed by atoms with Crippen molar-refractivity contribution in [2.45, 2.75) is 96.8 Å². The minimum Gasteiger partial charge on any atom is -0.493 e. The van der Waals surface area contributed by atoms with E-state index in [9.17, 15) is 0 Å². The molecule has 26 heavy (non-hydrogen) atoms. The third-order valence-electron chi connectivity index (χ3n) is 4.86. The van der Waals surface area contributed by atoms with Gasteiger partial charge >= 0.3 is 0 Å². The molecule has 0 saturated heterocycles. The maximum atomic E-state index is 8.80. The van der Waals surface area contributed by atoms with E-state index in [0.717, 1.165) is 12.2 Å². The first kappa shape index (κ1) is 23.0. The zero-order chi connectivity index (χ0) is 18.7. The van der Waals surface area contributed by atoms with E-state index in [4.69, 9.17) is 9.84 Å². The van der Waals surface area contributed by atoms with Gasteiger partial charge in [0.25, 0.3) is 0 Å². The summed E-state index contributed by atoms with van der Waals surface area (Å²) in [6, 6.07) is 8.39. The summed E-state index contributed by atoms with van der Waals surface area (Å²) in [5.41, 5.74) is 1.36. The largest absolute Gasteiger partial charge is 0.493 e. The van der Waals surface area contributed by atoms with Gasteiger partial charge in [-0.2, -0.15) is 0 Å². The highest BCUT2D eigenvalue weighted by Gasteiger charge is 1.99. The number of aliphatic hydroxyl groups is 1. The van der Waals surface area contributed by atoms with Gasteiger partial charge in [0.2, 0.25) is 0 Å². The molecule has 0 aliphatic heterocycles. The fraction of sp³-hybridized carbons (Fsp3) is 0.708. The summed E-state index contributed by atoms with van der Waals surface area (Å²) < 4.78 is 5.64. The molecule has 0 saturated carbocycles. The highest BCUT2D eigenvalue weighted by Crippen LogP contribution is 2.17. The van der Waals surface area contributed by atoms with Crippen molar-refractivity contribution in [1.82, 2.24) is 0 Å². The molecule has 149 valence electrons. The zero-order valence-corrected chi connectivity index (χ0v) is 17.1. The number of rotatable bonds is 18. The summed E-state index contributed by atoms with van der Waals surface area (Å²) in [5.74, 6) is 0.928. The summed E-state index contributed by atoms with van der Waals surface area (Å²) in [4.78, 5) is 0. The predicted octanol–water partition coefficient (Wildman–Crippen LogP) is 6.90. The van der Waals surface area contributed by atoms with Crippen LogP contribution in [0.1, 0.15) is 96.0 Å². The van der Waals surface area contributed by atoms with Crippen molar-refractivity contribution in [1.29, 1.82) is 0 Å². The van der Waals surface area contributed by atoms with Gasteiger partial charge in [-0.1, -0.05) is 89.7 Å². The van der Waals surface area contributed by atoms with E-state index < -0.39 is 0 Å². The van der Waals surface area contributed by atoms with Gasteiger partial charge in [0.1, 0.15) is 5.75 Å². The molecule has 0 heterocycles. The second-order valence-corrected chi connectivity index (χ2v) is 7.37. The first-order valence-electron chi connectivity index (χ1n) is 11.0. The highest BCUT2D eigenvalue weighted by atomic mass is 16.5. The lowest BCUT2D eigenvalue weighted by Gasteiger charge is -2.07. The standard InChI is InChI=1S/C24H41O2/c1-2-3-4-5-6-7-8-9-10-11-12-13-14-17-23-18-15-19-24(22-23)26-21-16-20-25/h11,15,18-19,22,25H,2-10,12-14,16-17,20-21H2,1H3. The van der Waals surface area contributed by atoms with Crippen LogP contribution in [0.4, 0.5) is 0 Å². The minimum absolute atomic E-state index is 0.190. The van der Waals surface area contributed by atoms with Gasteiger partial charge in [0.05, 0.1) is 6.61 Å². The summed E-state index contributed by atoms with van der Waals surface area (Å²) in [6.45, 7) is 3.06. The highest BCUT2D eigenvalue weighted by molar-refractivity contribution is 5.28. The molecular formula is C24H41O2. The lowest BCUT2D eigenvalue weighted by molar-refractivity contribution is 0.233. The number of ether oxygens (including phenoxy) is 1. The molecule has 0 amide bonds. The van der Waals surface area contributed by atoms with Crippen LogP contribution in [0.15, 0.2) is 24.3 Å². The van der Waals surface area contributed by atoms with Crippen molar-refractivity contribution in [2.75, 3.05) is 13.2 Å². The Morgan fingerprint density at radius 2 is 1.54 bits per heavy atom. The summed E-state index contributed by atoms with van der Waals surface area (Å²) in [5, 5.41) is 8.80. The lowest BCUT2D eigenvalue weighted by atomic mass is 10.0. The van der Waals surface area contributed by atoms with Crippen LogP contribution in [-0.4, -0.2) is 18.3 Å². The van der Waals surface area contributed by atoms with Crippen LogP contribution < -0.4 is 4.74 Å². The molecule has 0 spiro atoms. The van der Waals surface area contributed by atoms with Gasteiger partial charge in [0, 0.05) is 13.0 Å². The van der Waals surface area contributed by atoms with E-state index in [1.54, 1.807) is 0 Å². The zero-order valence-electron chi connectivity index (χ0n) is 17.1. The van der Waals surface area contributed by atoms with Gasteiger partial charge in [-0.15, -0.1) is 0 Å². The third-order valence-corrected chi connectivity index (χ3v) is 4.86. The first-order chi connectivity index (χ1) is 12.9. The molecule has 2 nitrogen and oxygen atoms in total. The number of hydrogen-bond acceptors (Lipinski definition) is 2. The van der Waals surface area contributed by atoms with Crippen molar-refractivity contribution in [3.05, 3.63) is 36.2 Å². The molecule has 1 aromatic rings. The Balaban J connectivity index is 1.92. The molecule has 0 fully saturated rings. The van der Waals surface area contributed by atoms with E-state index in [0.29, 0.717) is 13.0 Å². The Hall–Kier alpha value is -1.02. The monoisotopic (exact) mass is 361 g/mol. The molecule has 0 aliphatic carbocycles. The van der Waals surface area contributed by atoms with Crippen LogP contribution in [0.5, 0.6) is 5.75 Å². The van der Waals surface area contributed by atoms with Crippen molar-refractivity contribution in [3.63, 3.8) is 0 Å². The summed E-state index contributed by atoms with van der Waals surface area (Å²) in [7, 11) is 0. The molecule has 0 aliphatic rings. The fourth-order valence-electron chi connectivity index (χ4n) is 3.23. The van der Waals surface area contributed by atoms with E-state index >= 15 is 0 Å². The Kier molecular flexibility index (Phi) is 15.4. The van der Waals surface area contributed by atoms with E-state index in [1.807, 2.05) is 6.07 Å². The Bertz CT molecular complexity index is 416. The lowest BCUT2D eigenvalue weighted by Crippen LogP contribution is -2.00. The van der Waals surface area contributed by atoms with Crippen LogP contribution in [0, 0.1) is 6.42 Å². The topological polar surface area (TPSA) is 29.5 Å². The molecule has 1 radical (unpaired) electrons. The van der Waals surface area contributed by atoms with Crippen molar-refractivity contribution < 1.29 is 9.84 Å². The van der Waals surface area contributed by atoms with Crippen molar-refractivity contribution in [3.8, 4) is 5.75 Å². The van der Waals surface area contributed by atoms with Crippen LogP contribution in [0.25, 0.3) is 0 Å². The number of benzene rings is 1. The molecule has 1 N–H and O–H groups in total. The van der Waals surface area contributed by atoms with E-state index in [2.05, 4.69) is 31.5 Å². The van der Waals surface area contributed by atoms with Crippen LogP contribution in [0.3, 0.4) is 0 Å². The molecule has 0 unspecified atom stereocenters. The Morgan fingerprint density at radius 3 is 2.27 bits per heavy atom. The smallest absolute Gasteiger partial charge is 0.119 e. The average Bonchev–Trinajstić information content (AvgIpc) is 2.66. The Morgan fingerprint density at radius 1 is 0.846 bits per heavy atom. The molecule has 2 heteroatoms. The summed E-state index contributed by atoms with van der Waals surface area (Å²) >= 11 is 0. The number of unbranched alkanes of at least 4 members (excludes halogenated alkanes) is 12.